The lowest BCUT2D eigenvalue weighted by molar-refractivity contribution is 0.292. The first kappa shape index (κ1) is 19.0. The topological polar surface area (TPSA) is 62.9 Å². The zero-order valence-electron chi connectivity index (χ0n) is 13.4. The zero-order chi connectivity index (χ0) is 15.1. The number of methoxy groups -OCH3 is 1. The van der Waals surface area contributed by atoms with Crippen LogP contribution in [0.3, 0.4) is 0 Å². The predicted octanol–water partition coefficient (Wildman–Crippen LogP) is 2.77. The van der Waals surface area contributed by atoms with Crippen LogP contribution in [0, 0.1) is 5.92 Å². The molecule has 0 aromatic heterocycles. The minimum atomic E-state index is 0. The van der Waals surface area contributed by atoms with Crippen LogP contribution < -0.4 is 15.8 Å². The van der Waals surface area contributed by atoms with Crippen LogP contribution in [0.5, 0.6) is 5.75 Å². The number of hydrogen-bond donors (Lipinski definition) is 2. The van der Waals surface area contributed by atoms with E-state index in [4.69, 9.17) is 10.5 Å². The first-order valence-corrected chi connectivity index (χ1v) is 7.61. The number of anilines is 1. The van der Waals surface area contributed by atoms with Crippen LogP contribution in [0.1, 0.15) is 19.8 Å². The molecule has 1 aliphatic heterocycles. The number of guanidine groups is 1. The number of halogens is 1. The molecule has 2 rings (SSSR count). The van der Waals surface area contributed by atoms with Crippen molar-refractivity contribution in [1.82, 2.24) is 4.90 Å². The van der Waals surface area contributed by atoms with Crippen LogP contribution in [-0.2, 0) is 0 Å². The lowest BCUT2D eigenvalue weighted by Crippen LogP contribution is -2.28. The number of aliphatic imine (C=N–C) groups is 1. The first-order chi connectivity index (χ1) is 10.2. The molecule has 0 amide bonds. The second-order valence-electron chi connectivity index (χ2n) is 5.66. The Kier molecular flexibility index (Phi) is 8.55. The molecule has 1 saturated heterocycles. The molecular weight excluding hydrogens is 391 g/mol. The summed E-state index contributed by atoms with van der Waals surface area (Å²) in [6, 6.07) is 7.68. The van der Waals surface area contributed by atoms with Gasteiger partial charge >= 0.3 is 0 Å². The summed E-state index contributed by atoms with van der Waals surface area (Å²) in [4.78, 5) is 6.94. The highest BCUT2D eigenvalue weighted by Gasteiger charge is 2.14. The Morgan fingerprint density at radius 1 is 1.36 bits per heavy atom. The largest absolute Gasteiger partial charge is 0.495 e. The van der Waals surface area contributed by atoms with E-state index in [0.29, 0.717) is 11.9 Å². The Hall–Kier alpha value is -1.02. The van der Waals surface area contributed by atoms with Crippen molar-refractivity contribution >= 4 is 35.6 Å². The van der Waals surface area contributed by atoms with E-state index >= 15 is 0 Å². The standard InChI is InChI=1S/C16H26N4O.HI/c1-13(12-20-9-5-6-10-20)11-18-16(17)19-14-7-3-4-8-15(14)21-2;/h3-4,7-8,13H,5-6,9-12H2,1-2H3,(H3,17,18,19);1H. The van der Waals surface area contributed by atoms with E-state index in [-0.39, 0.29) is 24.0 Å². The molecule has 22 heavy (non-hydrogen) atoms. The van der Waals surface area contributed by atoms with E-state index < -0.39 is 0 Å². The molecule has 0 bridgehead atoms. The van der Waals surface area contributed by atoms with Gasteiger partial charge in [0, 0.05) is 13.1 Å². The van der Waals surface area contributed by atoms with Crippen LogP contribution in [0.4, 0.5) is 5.69 Å². The fourth-order valence-corrected chi connectivity index (χ4v) is 2.64. The van der Waals surface area contributed by atoms with Crippen LogP contribution in [0.15, 0.2) is 29.3 Å². The number of benzene rings is 1. The van der Waals surface area contributed by atoms with Crippen molar-refractivity contribution in [3.63, 3.8) is 0 Å². The molecule has 0 aliphatic carbocycles. The molecule has 1 unspecified atom stereocenters. The van der Waals surface area contributed by atoms with Gasteiger partial charge in [-0.1, -0.05) is 19.1 Å². The van der Waals surface area contributed by atoms with Crippen molar-refractivity contribution in [2.24, 2.45) is 16.6 Å². The Morgan fingerprint density at radius 3 is 2.73 bits per heavy atom. The quantitative estimate of drug-likeness (QED) is 0.424. The van der Waals surface area contributed by atoms with E-state index in [1.165, 1.54) is 25.9 Å². The number of likely N-dealkylation sites (tertiary alicyclic amines) is 1. The van der Waals surface area contributed by atoms with Gasteiger partial charge in [-0.25, -0.2) is 0 Å². The summed E-state index contributed by atoms with van der Waals surface area (Å²) in [6.45, 7) is 6.51. The summed E-state index contributed by atoms with van der Waals surface area (Å²) >= 11 is 0. The highest BCUT2D eigenvalue weighted by molar-refractivity contribution is 14.0. The second-order valence-corrected chi connectivity index (χ2v) is 5.66. The summed E-state index contributed by atoms with van der Waals surface area (Å²) in [5, 5.41) is 3.10. The zero-order valence-corrected chi connectivity index (χ0v) is 15.7. The van der Waals surface area contributed by atoms with E-state index in [1.54, 1.807) is 7.11 Å². The summed E-state index contributed by atoms with van der Waals surface area (Å²) in [5.41, 5.74) is 6.80. The van der Waals surface area contributed by atoms with Crippen molar-refractivity contribution in [2.45, 2.75) is 19.8 Å². The van der Waals surface area contributed by atoms with Gasteiger partial charge in [0.1, 0.15) is 5.75 Å². The van der Waals surface area contributed by atoms with Gasteiger partial charge in [0.15, 0.2) is 5.96 Å². The molecule has 1 atom stereocenters. The molecule has 0 saturated carbocycles. The van der Waals surface area contributed by atoms with Crippen molar-refractivity contribution < 1.29 is 4.74 Å². The molecule has 1 aromatic rings. The number of nitrogens with two attached hydrogens (primary N) is 1. The van der Waals surface area contributed by atoms with Crippen LogP contribution in [0.2, 0.25) is 0 Å². The van der Waals surface area contributed by atoms with Gasteiger partial charge in [-0.15, -0.1) is 24.0 Å². The SMILES string of the molecule is COc1ccccc1NC(N)=NCC(C)CN1CCCC1.I. The normalized spacial score (nSPS) is 16.9. The average molecular weight is 418 g/mol. The maximum absolute atomic E-state index is 5.96. The summed E-state index contributed by atoms with van der Waals surface area (Å²) in [6.07, 6.45) is 2.65. The van der Waals surface area contributed by atoms with Crippen molar-refractivity contribution in [2.75, 3.05) is 38.6 Å². The molecule has 3 N–H and O–H groups in total. The Bertz CT molecular complexity index is 475. The highest BCUT2D eigenvalue weighted by atomic mass is 127. The third kappa shape index (κ3) is 6.00. The number of ether oxygens (including phenoxy) is 1. The van der Waals surface area contributed by atoms with Crippen LogP contribution in [0.25, 0.3) is 0 Å². The maximum atomic E-state index is 5.96. The lowest BCUT2D eigenvalue weighted by atomic mass is 10.2. The maximum Gasteiger partial charge on any atom is 0.193 e. The van der Waals surface area contributed by atoms with Gasteiger partial charge in [0.25, 0.3) is 0 Å². The smallest absolute Gasteiger partial charge is 0.193 e. The monoisotopic (exact) mass is 418 g/mol. The van der Waals surface area contributed by atoms with Gasteiger partial charge in [-0.3, -0.25) is 4.99 Å². The minimum Gasteiger partial charge on any atom is -0.495 e. The molecule has 124 valence electrons. The molecule has 1 aromatic carbocycles. The summed E-state index contributed by atoms with van der Waals surface area (Å²) in [7, 11) is 1.64. The molecule has 1 aliphatic rings. The fraction of sp³-hybridized carbons (Fsp3) is 0.562. The Labute approximate surface area is 150 Å². The second kappa shape index (κ2) is 9.89. The molecular formula is C16H27IN4O. The minimum absolute atomic E-state index is 0. The molecule has 6 heteroatoms. The van der Waals surface area contributed by atoms with E-state index in [1.807, 2.05) is 24.3 Å². The van der Waals surface area contributed by atoms with E-state index in [9.17, 15) is 0 Å². The van der Waals surface area contributed by atoms with E-state index in [0.717, 1.165) is 24.5 Å². The number of hydrogen-bond acceptors (Lipinski definition) is 3. The molecule has 0 radical (unpaired) electrons. The van der Waals surface area contributed by atoms with Gasteiger partial charge in [-0.2, -0.15) is 0 Å². The van der Waals surface area contributed by atoms with Gasteiger partial charge in [-0.05, 0) is 44.0 Å². The van der Waals surface area contributed by atoms with Crippen molar-refractivity contribution in [3.05, 3.63) is 24.3 Å². The summed E-state index contributed by atoms with van der Waals surface area (Å²) in [5.74, 6) is 1.72. The molecule has 0 spiro atoms. The third-order valence-electron chi connectivity index (χ3n) is 3.71. The van der Waals surface area contributed by atoms with Gasteiger partial charge in [0.2, 0.25) is 0 Å². The Balaban J connectivity index is 0.00000242. The third-order valence-corrected chi connectivity index (χ3v) is 3.71. The van der Waals surface area contributed by atoms with Crippen LogP contribution in [-0.4, -0.2) is 44.1 Å². The average Bonchev–Trinajstić information content (AvgIpc) is 2.98. The Morgan fingerprint density at radius 2 is 2.05 bits per heavy atom. The van der Waals surface area contributed by atoms with Crippen LogP contribution >= 0.6 is 24.0 Å². The predicted molar refractivity (Wildman–Crippen MR) is 103 cm³/mol. The molecule has 1 heterocycles. The number of nitrogens with zero attached hydrogens (tertiary/aromatic N) is 2. The van der Waals surface area contributed by atoms with Gasteiger partial charge in [0.05, 0.1) is 12.8 Å². The van der Waals surface area contributed by atoms with Crippen molar-refractivity contribution in [1.29, 1.82) is 0 Å². The summed E-state index contributed by atoms with van der Waals surface area (Å²) < 4.78 is 5.28. The van der Waals surface area contributed by atoms with Gasteiger partial charge < -0.3 is 20.7 Å². The number of rotatable bonds is 6. The molecule has 5 nitrogen and oxygen atoms in total. The first-order valence-electron chi connectivity index (χ1n) is 7.61. The fourth-order valence-electron chi connectivity index (χ4n) is 2.64. The molecule has 1 fully saturated rings. The van der Waals surface area contributed by atoms with Crippen molar-refractivity contribution in [3.8, 4) is 5.75 Å². The number of nitrogens with one attached hydrogen (secondary N) is 1. The highest BCUT2D eigenvalue weighted by Crippen LogP contribution is 2.22. The number of para-hydroxylation sites is 2. The lowest BCUT2D eigenvalue weighted by Gasteiger charge is -2.19. The van der Waals surface area contributed by atoms with E-state index in [2.05, 4.69) is 22.1 Å².